The van der Waals surface area contributed by atoms with Gasteiger partial charge in [0.1, 0.15) is 5.25 Å². The molecule has 1 aromatic carbocycles. The SMILES string of the molecule is CC(=O)Nc1ccccc1N1CC(S(=O)(=O)F)CC1=O. The molecular weight excluding hydrogens is 287 g/mol. The fourth-order valence-electron chi connectivity index (χ4n) is 2.10. The zero-order chi connectivity index (χ0) is 14.9. The van der Waals surface area contributed by atoms with Crippen LogP contribution in [0, 0.1) is 0 Å². The van der Waals surface area contributed by atoms with Gasteiger partial charge in [-0.1, -0.05) is 12.1 Å². The highest BCUT2D eigenvalue weighted by Gasteiger charge is 2.39. The summed E-state index contributed by atoms with van der Waals surface area (Å²) in [6.07, 6.45) is -0.396. The molecule has 0 spiro atoms. The lowest BCUT2D eigenvalue weighted by Gasteiger charge is -2.19. The van der Waals surface area contributed by atoms with Crippen molar-refractivity contribution in [2.45, 2.75) is 18.6 Å². The third kappa shape index (κ3) is 2.96. The molecule has 1 saturated heterocycles. The van der Waals surface area contributed by atoms with Crippen LogP contribution in [-0.4, -0.2) is 32.0 Å². The van der Waals surface area contributed by atoms with E-state index in [9.17, 15) is 21.9 Å². The number of amides is 2. The average Bonchev–Trinajstić information content (AvgIpc) is 2.71. The fourth-order valence-corrected chi connectivity index (χ4v) is 2.77. The Kier molecular flexibility index (Phi) is 3.76. The first-order valence-corrected chi connectivity index (χ1v) is 7.34. The van der Waals surface area contributed by atoms with Crippen molar-refractivity contribution in [2.75, 3.05) is 16.8 Å². The van der Waals surface area contributed by atoms with Crippen molar-refractivity contribution in [3.8, 4) is 0 Å². The predicted octanol–water partition coefficient (Wildman–Crippen LogP) is 1.05. The number of carbonyl (C=O) groups excluding carboxylic acids is 2. The van der Waals surface area contributed by atoms with E-state index in [2.05, 4.69) is 5.32 Å². The molecule has 8 heteroatoms. The number of hydrogen-bond donors (Lipinski definition) is 1. The van der Waals surface area contributed by atoms with Gasteiger partial charge < -0.3 is 10.2 Å². The lowest BCUT2D eigenvalue weighted by atomic mass is 10.2. The van der Waals surface area contributed by atoms with E-state index in [0.717, 1.165) is 0 Å². The summed E-state index contributed by atoms with van der Waals surface area (Å²) >= 11 is 0. The maximum Gasteiger partial charge on any atom is 0.307 e. The van der Waals surface area contributed by atoms with Gasteiger partial charge in [-0.15, -0.1) is 3.89 Å². The van der Waals surface area contributed by atoms with Gasteiger partial charge in [-0.3, -0.25) is 9.59 Å². The van der Waals surface area contributed by atoms with Crippen LogP contribution in [-0.2, 0) is 19.8 Å². The van der Waals surface area contributed by atoms with Crippen molar-refractivity contribution in [3.63, 3.8) is 0 Å². The van der Waals surface area contributed by atoms with Gasteiger partial charge in [0, 0.05) is 19.9 Å². The van der Waals surface area contributed by atoms with Gasteiger partial charge in [-0.05, 0) is 12.1 Å². The third-order valence-electron chi connectivity index (χ3n) is 2.99. The minimum atomic E-state index is -4.76. The number of hydrogen-bond acceptors (Lipinski definition) is 4. The number of rotatable bonds is 3. The van der Waals surface area contributed by atoms with Crippen LogP contribution in [0.1, 0.15) is 13.3 Å². The summed E-state index contributed by atoms with van der Waals surface area (Å²) in [6.45, 7) is 1.06. The van der Waals surface area contributed by atoms with Gasteiger partial charge in [0.2, 0.25) is 11.8 Å². The lowest BCUT2D eigenvalue weighted by molar-refractivity contribution is -0.117. The summed E-state index contributed by atoms with van der Waals surface area (Å²) in [6, 6.07) is 6.46. The number of nitrogens with zero attached hydrogens (tertiary/aromatic N) is 1. The number of benzene rings is 1. The summed E-state index contributed by atoms with van der Waals surface area (Å²) < 4.78 is 34.8. The van der Waals surface area contributed by atoms with Crippen molar-refractivity contribution in [3.05, 3.63) is 24.3 Å². The molecule has 6 nitrogen and oxygen atoms in total. The molecule has 1 unspecified atom stereocenters. The predicted molar refractivity (Wildman–Crippen MR) is 71.5 cm³/mol. The molecule has 0 bridgehead atoms. The highest BCUT2D eigenvalue weighted by molar-refractivity contribution is 7.87. The van der Waals surface area contributed by atoms with Crippen LogP contribution in [0.2, 0.25) is 0 Å². The zero-order valence-electron chi connectivity index (χ0n) is 10.7. The van der Waals surface area contributed by atoms with Crippen LogP contribution in [0.4, 0.5) is 15.3 Å². The maximum absolute atomic E-state index is 13.0. The van der Waals surface area contributed by atoms with Crippen molar-refractivity contribution in [2.24, 2.45) is 0 Å². The number of halogens is 1. The van der Waals surface area contributed by atoms with Gasteiger partial charge in [0.05, 0.1) is 11.4 Å². The largest absolute Gasteiger partial charge is 0.325 e. The van der Waals surface area contributed by atoms with E-state index in [1.807, 2.05) is 0 Å². The summed E-state index contributed by atoms with van der Waals surface area (Å²) in [5, 5.41) is 1.19. The molecule has 2 rings (SSSR count). The van der Waals surface area contributed by atoms with Crippen LogP contribution in [0.15, 0.2) is 24.3 Å². The molecule has 1 heterocycles. The zero-order valence-corrected chi connectivity index (χ0v) is 11.5. The first-order valence-electron chi connectivity index (χ1n) is 5.89. The first kappa shape index (κ1) is 14.4. The van der Waals surface area contributed by atoms with Crippen LogP contribution < -0.4 is 10.2 Å². The molecule has 1 atom stereocenters. The molecule has 0 aromatic heterocycles. The molecule has 0 aliphatic carbocycles. The number of nitrogens with one attached hydrogen (secondary N) is 1. The summed E-state index contributed by atoms with van der Waals surface area (Å²) in [5.41, 5.74) is 0.740. The first-order chi connectivity index (χ1) is 9.29. The Morgan fingerprint density at radius 2 is 2.05 bits per heavy atom. The van der Waals surface area contributed by atoms with E-state index < -0.39 is 27.8 Å². The third-order valence-corrected chi connectivity index (χ3v) is 4.11. The van der Waals surface area contributed by atoms with Gasteiger partial charge in [-0.2, -0.15) is 8.42 Å². The Morgan fingerprint density at radius 1 is 1.40 bits per heavy atom. The standard InChI is InChI=1S/C12H13FN2O4S/c1-8(16)14-10-4-2-3-5-11(10)15-7-9(6-12(15)17)20(13,18)19/h2-5,9H,6-7H2,1H3,(H,14,16). The lowest BCUT2D eigenvalue weighted by Crippen LogP contribution is -2.28. The van der Waals surface area contributed by atoms with Crippen LogP contribution in [0.3, 0.4) is 0 Å². The molecule has 0 radical (unpaired) electrons. The normalized spacial score (nSPS) is 19.2. The summed E-state index contributed by atoms with van der Waals surface area (Å²) in [4.78, 5) is 24.1. The molecular formula is C12H13FN2O4S. The quantitative estimate of drug-likeness (QED) is 0.846. The van der Waals surface area contributed by atoms with Gasteiger partial charge >= 0.3 is 10.2 Å². The number of carbonyl (C=O) groups is 2. The second kappa shape index (κ2) is 5.20. The van der Waals surface area contributed by atoms with E-state index in [-0.39, 0.29) is 12.5 Å². The molecule has 1 aliphatic heterocycles. The van der Waals surface area contributed by atoms with E-state index in [0.29, 0.717) is 11.4 Å². The number of anilines is 2. The second-order valence-electron chi connectivity index (χ2n) is 4.50. The molecule has 20 heavy (non-hydrogen) atoms. The molecule has 108 valence electrons. The molecule has 1 aromatic rings. The highest BCUT2D eigenvalue weighted by atomic mass is 32.3. The summed E-state index contributed by atoms with van der Waals surface area (Å²) in [5.74, 6) is -0.812. The monoisotopic (exact) mass is 300 g/mol. The minimum Gasteiger partial charge on any atom is -0.325 e. The summed E-state index contributed by atoms with van der Waals surface area (Å²) in [7, 11) is -4.76. The van der Waals surface area contributed by atoms with Gasteiger partial charge in [0.25, 0.3) is 0 Å². The van der Waals surface area contributed by atoms with Crippen LogP contribution in [0.5, 0.6) is 0 Å². The van der Waals surface area contributed by atoms with E-state index in [4.69, 9.17) is 0 Å². The molecule has 0 saturated carbocycles. The topological polar surface area (TPSA) is 83.6 Å². The van der Waals surface area contributed by atoms with Crippen molar-refractivity contribution >= 4 is 33.4 Å². The van der Waals surface area contributed by atoms with Crippen molar-refractivity contribution in [1.82, 2.24) is 0 Å². The minimum absolute atomic E-state index is 0.256. The molecule has 1 N–H and O–H groups in total. The molecule has 1 fully saturated rings. The van der Waals surface area contributed by atoms with E-state index in [1.54, 1.807) is 24.3 Å². The Labute approximate surface area is 115 Å². The second-order valence-corrected chi connectivity index (χ2v) is 6.12. The number of para-hydroxylation sites is 2. The van der Waals surface area contributed by atoms with Gasteiger partial charge in [-0.25, -0.2) is 0 Å². The van der Waals surface area contributed by atoms with Crippen LogP contribution >= 0.6 is 0 Å². The van der Waals surface area contributed by atoms with E-state index >= 15 is 0 Å². The smallest absolute Gasteiger partial charge is 0.307 e. The van der Waals surface area contributed by atoms with Crippen LogP contribution in [0.25, 0.3) is 0 Å². The van der Waals surface area contributed by atoms with Crippen molar-refractivity contribution < 1.29 is 21.9 Å². The Bertz CT molecular complexity index is 659. The Hall–Kier alpha value is -1.96. The van der Waals surface area contributed by atoms with Crippen molar-refractivity contribution in [1.29, 1.82) is 0 Å². The van der Waals surface area contributed by atoms with Gasteiger partial charge in [0.15, 0.2) is 0 Å². The average molecular weight is 300 g/mol. The highest BCUT2D eigenvalue weighted by Crippen LogP contribution is 2.31. The maximum atomic E-state index is 13.0. The molecule has 1 aliphatic rings. The Balaban J connectivity index is 2.33. The Morgan fingerprint density at radius 3 is 2.60 bits per heavy atom. The fraction of sp³-hybridized carbons (Fsp3) is 0.333. The van der Waals surface area contributed by atoms with E-state index in [1.165, 1.54) is 11.8 Å². The molecule has 2 amide bonds.